The molecule has 0 aliphatic heterocycles. The standard InChI is InChI=1S/C31H48F3NO3/c1-7-37-35-26-18-21-17-22(38-28(36)31(32,33)34)13-15-29(21,5)25-14-16-30(6)23(11-12-24(30)27(25)26)20(4)10-8-9-19(2)3/h18-20,22-25,27H,7-17H2,1-6H3/b35-26+. The fourth-order valence-electron chi connectivity index (χ4n) is 8.96. The summed E-state index contributed by atoms with van der Waals surface area (Å²) < 4.78 is 43.5. The Morgan fingerprint density at radius 2 is 1.82 bits per heavy atom. The second kappa shape index (κ2) is 11.2. The first kappa shape index (κ1) is 29.5. The van der Waals surface area contributed by atoms with Crippen molar-refractivity contribution >= 4 is 11.7 Å². The van der Waals surface area contributed by atoms with E-state index in [2.05, 4.69) is 45.9 Å². The van der Waals surface area contributed by atoms with Gasteiger partial charge in [-0.25, -0.2) is 4.79 Å². The lowest BCUT2D eigenvalue weighted by Gasteiger charge is -2.58. The van der Waals surface area contributed by atoms with E-state index in [9.17, 15) is 18.0 Å². The molecular weight excluding hydrogens is 491 g/mol. The second-order valence-electron chi connectivity index (χ2n) is 13.6. The van der Waals surface area contributed by atoms with Crippen molar-refractivity contribution in [2.24, 2.45) is 51.5 Å². The summed E-state index contributed by atoms with van der Waals surface area (Å²) in [6, 6.07) is 0. The third-order valence-electron chi connectivity index (χ3n) is 10.9. The first-order valence-electron chi connectivity index (χ1n) is 15.0. The highest BCUT2D eigenvalue weighted by Gasteiger charge is 2.61. The Morgan fingerprint density at radius 3 is 2.47 bits per heavy atom. The highest BCUT2D eigenvalue weighted by molar-refractivity contribution is 5.99. The van der Waals surface area contributed by atoms with Crippen LogP contribution in [0.2, 0.25) is 0 Å². The Balaban J connectivity index is 1.59. The third-order valence-corrected chi connectivity index (χ3v) is 10.9. The van der Waals surface area contributed by atoms with Gasteiger partial charge in [-0.15, -0.1) is 0 Å². The van der Waals surface area contributed by atoms with Crippen LogP contribution in [-0.2, 0) is 14.4 Å². The Kier molecular flexibility index (Phi) is 8.64. The molecule has 3 fully saturated rings. The topological polar surface area (TPSA) is 47.9 Å². The number of oxime groups is 1. The van der Waals surface area contributed by atoms with Gasteiger partial charge in [0, 0.05) is 12.3 Å². The predicted octanol–water partition coefficient (Wildman–Crippen LogP) is 8.50. The minimum atomic E-state index is -4.97. The highest BCUT2D eigenvalue weighted by atomic mass is 19.4. The summed E-state index contributed by atoms with van der Waals surface area (Å²) in [6.07, 6.45) is 6.56. The summed E-state index contributed by atoms with van der Waals surface area (Å²) in [5, 5.41) is 4.62. The van der Waals surface area contributed by atoms with Crippen LogP contribution in [0.4, 0.5) is 13.2 Å². The van der Waals surface area contributed by atoms with Gasteiger partial charge in [-0.3, -0.25) is 0 Å². The molecule has 38 heavy (non-hydrogen) atoms. The van der Waals surface area contributed by atoms with Crippen LogP contribution in [0.25, 0.3) is 0 Å². The molecule has 8 atom stereocenters. The van der Waals surface area contributed by atoms with Crippen molar-refractivity contribution in [3.63, 3.8) is 0 Å². The molecule has 0 spiro atoms. The highest BCUT2D eigenvalue weighted by Crippen LogP contribution is 2.67. The van der Waals surface area contributed by atoms with Crippen LogP contribution in [0.5, 0.6) is 0 Å². The quantitative estimate of drug-likeness (QED) is 0.229. The van der Waals surface area contributed by atoms with Crippen LogP contribution in [0.15, 0.2) is 16.8 Å². The summed E-state index contributed by atoms with van der Waals surface area (Å²) >= 11 is 0. The van der Waals surface area contributed by atoms with Gasteiger partial charge in [0.1, 0.15) is 12.7 Å². The van der Waals surface area contributed by atoms with E-state index in [1.54, 1.807) is 0 Å². The summed E-state index contributed by atoms with van der Waals surface area (Å²) in [7, 11) is 0. The summed E-state index contributed by atoms with van der Waals surface area (Å²) in [6.45, 7) is 14.3. The molecule has 216 valence electrons. The third kappa shape index (κ3) is 5.54. The SMILES string of the molecule is CCO/N=C1\C=C2CC(OC(=O)C(F)(F)F)CCC2(C)C2CCC3(C)C(C(C)CCCC(C)C)CCC3C12. The van der Waals surface area contributed by atoms with E-state index in [1.165, 1.54) is 38.5 Å². The van der Waals surface area contributed by atoms with Crippen LogP contribution in [0.3, 0.4) is 0 Å². The van der Waals surface area contributed by atoms with E-state index in [0.717, 1.165) is 30.0 Å². The minimum absolute atomic E-state index is 0.112. The predicted molar refractivity (Wildman–Crippen MR) is 143 cm³/mol. The van der Waals surface area contributed by atoms with Crippen molar-refractivity contribution in [2.75, 3.05) is 6.61 Å². The average Bonchev–Trinajstić information content (AvgIpc) is 3.19. The van der Waals surface area contributed by atoms with Gasteiger partial charge in [0.2, 0.25) is 0 Å². The Morgan fingerprint density at radius 1 is 1.08 bits per heavy atom. The number of alkyl halides is 3. The van der Waals surface area contributed by atoms with Gasteiger partial charge in [-0.1, -0.05) is 64.6 Å². The zero-order chi connectivity index (χ0) is 27.9. The van der Waals surface area contributed by atoms with Gasteiger partial charge in [0.05, 0.1) is 5.71 Å². The van der Waals surface area contributed by atoms with Crippen LogP contribution in [0.1, 0.15) is 106 Å². The van der Waals surface area contributed by atoms with Gasteiger partial charge in [-0.2, -0.15) is 13.2 Å². The molecule has 0 saturated heterocycles. The van der Waals surface area contributed by atoms with E-state index < -0.39 is 18.2 Å². The van der Waals surface area contributed by atoms with E-state index >= 15 is 0 Å². The molecular formula is C31H48F3NO3. The molecule has 0 heterocycles. The summed E-state index contributed by atoms with van der Waals surface area (Å²) in [5.41, 5.74) is 2.19. The molecule has 4 rings (SSSR count). The molecule has 7 heteroatoms. The number of carbonyl (C=O) groups is 1. The first-order chi connectivity index (χ1) is 17.8. The monoisotopic (exact) mass is 539 g/mol. The van der Waals surface area contributed by atoms with Crippen molar-refractivity contribution in [3.8, 4) is 0 Å². The number of allylic oxidation sites excluding steroid dienone is 1. The lowest BCUT2D eigenvalue weighted by Crippen LogP contribution is -2.54. The van der Waals surface area contributed by atoms with Crippen LogP contribution in [0, 0.1) is 46.3 Å². The maximum absolute atomic E-state index is 12.9. The maximum Gasteiger partial charge on any atom is 0.490 e. The number of hydrogen-bond donors (Lipinski definition) is 0. The summed E-state index contributed by atoms with van der Waals surface area (Å²) in [4.78, 5) is 17.2. The van der Waals surface area contributed by atoms with E-state index in [-0.39, 0.29) is 10.8 Å². The van der Waals surface area contributed by atoms with Crippen molar-refractivity contribution < 1.29 is 27.5 Å². The van der Waals surface area contributed by atoms with E-state index in [4.69, 9.17) is 9.57 Å². The lowest BCUT2D eigenvalue weighted by molar-refractivity contribution is -0.206. The normalized spacial score (nSPS) is 38.7. The Hall–Kier alpha value is -1.53. The number of nitrogens with zero attached hydrogens (tertiary/aromatic N) is 1. The number of esters is 1. The number of rotatable bonds is 8. The zero-order valence-corrected chi connectivity index (χ0v) is 24.2. The number of halogens is 3. The smallest absolute Gasteiger partial charge is 0.455 e. The zero-order valence-electron chi connectivity index (χ0n) is 24.2. The van der Waals surface area contributed by atoms with E-state index in [0.29, 0.717) is 49.0 Å². The van der Waals surface area contributed by atoms with Crippen molar-refractivity contribution in [1.29, 1.82) is 0 Å². The Bertz CT molecular complexity index is 928. The van der Waals surface area contributed by atoms with Crippen molar-refractivity contribution in [3.05, 3.63) is 11.6 Å². The fraction of sp³-hybridized carbons (Fsp3) is 0.871. The molecule has 0 radical (unpaired) electrons. The molecule has 0 N–H and O–H groups in total. The fourth-order valence-corrected chi connectivity index (χ4v) is 8.96. The van der Waals surface area contributed by atoms with Crippen molar-refractivity contribution in [2.45, 2.75) is 118 Å². The number of carbonyl (C=O) groups excluding carboxylic acids is 1. The molecule has 0 amide bonds. The Labute approximate surface area is 227 Å². The molecule has 0 aromatic rings. The maximum atomic E-state index is 12.9. The van der Waals surface area contributed by atoms with Gasteiger partial charge in [-0.05, 0) is 91.9 Å². The summed E-state index contributed by atoms with van der Waals surface area (Å²) in [5.74, 6) is 1.30. The van der Waals surface area contributed by atoms with Gasteiger partial charge < -0.3 is 9.57 Å². The van der Waals surface area contributed by atoms with Crippen LogP contribution >= 0.6 is 0 Å². The first-order valence-corrected chi connectivity index (χ1v) is 15.0. The van der Waals surface area contributed by atoms with Crippen molar-refractivity contribution in [1.82, 2.24) is 0 Å². The minimum Gasteiger partial charge on any atom is -0.455 e. The van der Waals surface area contributed by atoms with Crippen LogP contribution < -0.4 is 0 Å². The number of hydrogen-bond acceptors (Lipinski definition) is 4. The molecule has 4 aliphatic rings. The van der Waals surface area contributed by atoms with E-state index in [1.807, 2.05) is 6.92 Å². The molecule has 4 aliphatic carbocycles. The van der Waals surface area contributed by atoms with Crippen LogP contribution in [-0.4, -0.2) is 30.6 Å². The lowest BCUT2D eigenvalue weighted by atomic mass is 9.46. The van der Waals surface area contributed by atoms with Gasteiger partial charge >= 0.3 is 12.1 Å². The largest absolute Gasteiger partial charge is 0.490 e. The molecule has 4 nitrogen and oxygen atoms in total. The number of fused-ring (bicyclic) bond motifs is 5. The molecule has 8 unspecified atom stereocenters. The molecule has 0 bridgehead atoms. The molecule has 0 aromatic heterocycles. The van der Waals surface area contributed by atoms with Gasteiger partial charge in [0.25, 0.3) is 0 Å². The molecule has 3 saturated carbocycles. The van der Waals surface area contributed by atoms with Gasteiger partial charge in [0.15, 0.2) is 0 Å². The average molecular weight is 540 g/mol. The number of ether oxygens (including phenoxy) is 1. The second-order valence-corrected chi connectivity index (χ2v) is 13.6. The molecule has 0 aromatic carbocycles.